The Morgan fingerprint density at radius 3 is 2.74 bits per heavy atom. The molecule has 0 amide bonds. The summed E-state index contributed by atoms with van der Waals surface area (Å²) in [5.74, 6) is -0.326. The van der Waals surface area contributed by atoms with E-state index in [4.69, 9.17) is 11.6 Å². The van der Waals surface area contributed by atoms with Gasteiger partial charge in [-0.25, -0.2) is 4.39 Å². The predicted molar refractivity (Wildman–Crippen MR) is 75.9 cm³/mol. The monoisotopic (exact) mass is 278 g/mol. The molecular formula is C15H16ClFN2. The van der Waals surface area contributed by atoms with Gasteiger partial charge >= 0.3 is 0 Å². The Hall–Kier alpha value is -1.45. The lowest BCUT2D eigenvalue weighted by molar-refractivity contribution is 0.572. The first-order valence-corrected chi connectivity index (χ1v) is 6.50. The van der Waals surface area contributed by atoms with E-state index in [1.807, 2.05) is 32.2 Å². The lowest BCUT2D eigenvalue weighted by Crippen LogP contribution is -2.19. The van der Waals surface area contributed by atoms with Crippen LogP contribution in [0.5, 0.6) is 0 Å². The van der Waals surface area contributed by atoms with Gasteiger partial charge in [0.15, 0.2) is 0 Å². The molecule has 4 heteroatoms. The first kappa shape index (κ1) is 14.0. The molecule has 2 nitrogen and oxygen atoms in total. The van der Waals surface area contributed by atoms with Crippen molar-refractivity contribution in [1.82, 2.24) is 10.3 Å². The van der Waals surface area contributed by atoms with Crippen molar-refractivity contribution < 1.29 is 4.39 Å². The van der Waals surface area contributed by atoms with E-state index in [-0.39, 0.29) is 11.9 Å². The zero-order chi connectivity index (χ0) is 13.8. The number of nitrogens with one attached hydrogen (secondary N) is 1. The van der Waals surface area contributed by atoms with Crippen LogP contribution in [0.4, 0.5) is 4.39 Å². The molecule has 0 aliphatic rings. The highest BCUT2D eigenvalue weighted by Gasteiger charge is 2.13. The van der Waals surface area contributed by atoms with E-state index in [0.29, 0.717) is 6.42 Å². The van der Waals surface area contributed by atoms with Crippen LogP contribution in [-0.2, 0) is 6.42 Å². The van der Waals surface area contributed by atoms with Crippen LogP contribution in [0.2, 0.25) is 5.02 Å². The average Bonchev–Trinajstić information content (AvgIpc) is 2.38. The molecule has 1 N–H and O–H groups in total. The number of aryl methyl sites for hydroxylation is 1. The predicted octanol–water partition coefficient (Wildman–Crippen LogP) is 3.69. The normalized spacial score (nSPS) is 12.4. The van der Waals surface area contributed by atoms with Crippen LogP contribution in [0.1, 0.15) is 22.7 Å². The second kappa shape index (κ2) is 6.13. The van der Waals surface area contributed by atoms with E-state index >= 15 is 0 Å². The molecule has 1 heterocycles. The van der Waals surface area contributed by atoms with E-state index in [1.165, 1.54) is 12.3 Å². The number of pyridine rings is 1. The van der Waals surface area contributed by atoms with Gasteiger partial charge in [-0.1, -0.05) is 23.7 Å². The van der Waals surface area contributed by atoms with Gasteiger partial charge in [-0.05, 0) is 49.2 Å². The number of nitrogens with zero attached hydrogens (tertiary/aromatic N) is 1. The summed E-state index contributed by atoms with van der Waals surface area (Å²) >= 11 is 6.23. The van der Waals surface area contributed by atoms with Crippen LogP contribution in [0.3, 0.4) is 0 Å². The Morgan fingerprint density at radius 2 is 2.11 bits per heavy atom. The molecule has 0 bridgehead atoms. The van der Waals surface area contributed by atoms with Crippen LogP contribution in [0.15, 0.2) is 36.7 Å². The van der Waals surface area contributed by atoms with Crippen LogP contribution in [0, 0.1) is 12.7 Å². The Bertz CT molecular complexity index is 572. The molecule has 0 spiro atoms. The smallest absolute Gasteiger partial charge is 0.141 e. The number of hydrogen-bond acceptors (Lipinski definition) is 2. The molecule has 0 aliphatic carbocycles. The van der Waals surface area contributed by atoms with Crippen molar-refractivity contribution in [1.29, 1.82) is 0 Å². The highest BCUT2D eigenvalue weighted by Crippen LogP contribution is 2.24. The molecular weight excluding hydrogens is 263 g/mol. The zero-order valence-corrected chi connectivity index (χ0v) is 11.7. The van der Waals surface area contributed by atoms with Crippen molar-refractivity contribution in [2.75, 3.05) is 7.05 Å². The van der Waals surface area contributed by atoms with Gasteiger partial charge in [0.05, 0.1) is 6.20 Å². The standard InChI is InChI=1S/C15H16ClFN2/c1-10-3-4-11(14(16)5-10)7-15(18-2)12-6-13(17)9-19-8-12/h3-6,8-9,15,18H,7H2,1-2H3. The fourth-order valence-electron chi connectivity index (χ4n) is 2.04. The van der Waals surface area contributed by atoms with Gasteiger partial charge in [-0.15, -0.1) is 0 Å². The van der Waals surface area contributed by atoms with Crippen LogP contribution in [0.25, 0.3) is 0 Å². The van der Waals surface area contributed by atoms with Crippen LogP contribution < -0.4 is 5.32 Å². The summed E-state index contributed by atoms with van der Waals surface area (Å²) in [5.41, 5.74) is 2.98. The molecule has 0 saturated carbocycles. The Morgan fingerprint density at radius 1 is 1.32 bits per heavy atom. The minimum Gasteiger partial charge on any atom is -0.313 e. The van der Waals surface area contributed by atoms with Gasteiger partial charge in [0.1, 0.15) is 5.82 Å². The van der Waals surface area contributed by atoms with Gasteiger partial charge in [-0.2, -0.15) is 0 Å². The van der Waals surface area contributed by atoms with Crippen molar-refractivity contribution in [3.8, 4) is 0 Å². The summed E-state index contributed by atoms with van der Waals surface area (Å²) in [6.45, 7) is 2.00. The van der Waals surface area contributed by atoms with E-state index < -0.39 is 0 Å². The van der Waals surface area contributed by atoms with Gasteiger partial charge in [-0.3, -0.25) is 4.98 Å². The first-order chi connectivity index (χ1) is 9.10. The highest BCUT2D eigenvalue weighted by molar-refractivity contribution is 6.31. The maximum atomic E-state index is 13.2. The van der Waals surface area contributed by atoms with Crippen molar-refractivity contribution in [2.45, 2.75) is 19.4 Å². The molecule has 1 aromatic carbocycles. The molecule has 1 atom stereocenters. The molecule has 19 heavy (non-hydrogen) atoms. The van der Waals surface area contributed by atoms with Gasteiger partial charge < -0.3 is 5.32 Å². The molecule has 1 unspecified atom stereocenters. The van der Waals surface area contributed by atoms with Crippen LogP contribution >= 0.6 is 11.6 Å². The number of rotatable bonds is 4. The lowest BCUT2D eigenvalue weighted by Gasteiger charge is -2.17. The zero-order valence-electron chi connectivity index (χ0n) is 11.0. The maximum Gasteiger partial charge on any atom is 0.141 e. The van der Waals surface area contributed by atoms with Crippen LogP contribution in [-0.4, -0.2) is 12.0 Å². The van der Waals surface area contributed by atoms with Gasteiger partial charge in [0.25, 0.3) is 0 Å². The first-order valence-electron chi connectivity index (χ1n) is 6.13. The molecule has 100 valence electrons. The molecule has 2 aromatic rings. The van der Waals surface area contributed by atoms with Gasteiger partial charge in [0, 0.05) is 17.3 Å². The lowest BCUT2D eigenvalue weighted by atomic mass is 9.99. The van der Waals surface area contributed by atoms with E-state index in [1.54, 1.807) is 6.20 Å². The Balaban J connectivity index is 2.24. The number of aromatic nitrogens is 1. The third-order valence-corrected chi connectivity index (χ3v) is 3.46. The summed E-state index contributed by atoms with van der Waals surface area (Å²) in [6.07, 6.45) is 3.57. The van der Waals surface area contributed by atoms with E-state index in [0.717, 1.165) is 21.7 Å². The van der Waals surface area contributed by atoms with E-state index in [2.05, 4.69) is 10.3 Å². The van der Waals surface area contributed by atoms with Crippen molar-refractivity contribution in [2.24, 2.45) is 0 Å². The minimum absolute atomic E-state index is 0.0107. The summed E-state index contributed by atoms with van der Waals surface area (Å²) in [6, 6.07) is 7.46. The van der Waals surface area contributed by atoms with Crippen molar-refractivity contribution >= 4 is 11.6 Å². The fourth-order valence-corrected chi connectivity index (χ4v) is 2.36. The second-order valence-electron chi connectivity index (χ2n) is 4.58. The maximum absolute atomic E-state index is 13.2. The Labute approximate surface area is 117 Å². The number of likely N-dealkylation sites (N-methyl/N-ethyl adjacent to an activating group) is 1. The quantitative estimate of drug-likeness (QED) is 0.923. The third-order valence-electron chi connectivity index (χ3n) is 3.11. The summed E-state index contributed by atoms with van der Waals surface area (Å²) in [4.78, 5) is 3.88. The second-order valence-corrected chi connectivity index (χ2v) is 4.98. The topological polar surface area (TPSA) is 24.9 Å². The summed E-state index contributed by atoms with van der Waals surface area (Å²) in [5, 5.41) is 3.91. The summed E-state index contributed by atoms with van der Waals surface area (Å²) in [7, 11) is 1.84. The molecule has 0 radical (unpaired) electrons. The fraction of sp³-hybridized carbons (Fsp3) is 0.267. The molecule has 0 aliphatic heterocycles. The Kier molecular flexibility index (Phi) is 4.51. The minimum atomic E-state index is -0.326. The van der Waals surface area contributed by atoms with E-state index in [9.17, 15) is 4.39 Å². The third kappa shape index (κ3) is 3.52. The largest absolute Gasteiger partial charge is 0.313 e. The molecule has 2 rings (SSSR count). The highest BCUT2D eigenvalue weighted by atomic mass is 35.5. The average molecular weight is 279 g/mol. The van der Waals surface area contributed by atoms with Crippen molar-refractivity contribution in [3.63, 3.8) is 0 Å². The van der Waals surface area contributed by atoms with Crippen molar-refractivity contribution in [3.05, 3.63) is 64.2 Å². The van der Waals surface area contributed by atoms with Gasteiger partial charge in [0.2, 0.25) is 0 Å². The number of hydrogen-bond donors (Lipinski definition) is 1. The molecule has 0 saturated heterocycles. The number of benzene rings is 1. The SMILES string of the molecule is CNC(Cc1ccc(C)cc1Cl)c1cncc(F)c1. The molecule has 1 aromatic heterocycles. The number of halogens is 2. The molecule has 0 fully saturated rings. The summed E-state index contributed by atoms with van der Waals surface area (Å²) < 4.78 is 13.2.